The van der Waals surface area contributed by atoms with E-state index < -0.39 is 10.0 Å². The number of halogens is 1. The molecule has 1 aliphatic heterocycles. The van der Waals surface area contributed by atoms with Crippen LogP contribution in [-0.4, -0.2) is 52.7 Å². The molecular weight excluding hydrogens is 362 g/mol. The largest absolute Gasteiger partial charge is 0.493 e. The van der Waals surface area contributed by atoms with Gasteiger partial charge in [-0.05, 0) is 28.9 Å². The van der Waals surface area contributed by atoms with Gasteiger partial charge in [0.25, 0.3) is 0 Å². The first kappa shape index (κ1) is 16.5. The highest BCUT2D eigenvalue weighted by Crippen LogP contribution is 2.36. The van der Waals surface area contributed by atoms with Crippen molar-refractivity contribution in [3.8, 4) is 11.5 Å². The maximum Gasteiger partial charge on any atom is 0.244 e. The van der Waals surface area contributed by atoms with Gasteiger partial charge in [0.15, 0.2) is 11.5 Å². The summed E-state index contributed by atoms with van der Waals surface area (Å²) in [7, 11) is -0.639. The normalized spacial score (nSPS) is 20.3. The number of morpholine rings is 1. The zero-order valence-corrected chi connectivity index (χ0v) is 14.5. The molecule has 1 saturated heterocycles. The van der Waals surface area contributed by atoms with Crippen LogP contribution in [-0.2, 0) is 14.8 Å². The highest BCUT2D eigenvalue weighted by Gasteiger charge is 2.31. The van der Waals surface area contributed by atoms with Crippen LogP contribution in [0.1, 0.15) is 6.92 Å². The van der Waals surface area contributed by atoms with Crippen LogP contribution < -0.4 is 9.47 Å². The first-order valence-corrected chi connectivity index (χ1v) is 8.66. The summed E-state index contributed by atoms with van der Waals surface area (Å²) in [5.41, 5.74) is 0. The molecule has 1 aliphatic rings. The molecule has 0 amide bonds. The molecule has 1 fully saturated rings. The van der Waals surface area contributed by atoms with Crippen molar-refractivity contribution >= 4 is 26.0 Å². The molecule has 1 aromatic rings. The van der Waals surface area contributed by atoms with E-state index in [1.165, 1.54) is 24.6 Å². The standard InChI is InChI=1S/C13H18BrNO5S/c1-9-8-15(4-5-20-9)21(16,17)13-7-12(19-3)11(18-2)6-10(13)14/h6-7,9H,4-5,8H2,1-3H3/t9-/m1/s1. The summed E-state index contributed by atoms with van der Waals surface area (Å²) in [4.78, 5) is 0.161. The quantitative estimate of drug-likeness (QED) is 0.798. The van der Waals surface area contributed by atoms with Gasteiger partial charge >= 0.3 is 0 Å². The summed E-state index contributed by atoms with van der Waals surface area (Å²) in [6.45, 7) is 2.92. The number of sulfonamides is 1. The first-order valence-electron chi connectivity index (χ1n) is 6.43. The van der Waals surface area contributed by atoms with E-state index in [-0.39, 0.29) is 11.0 Å². The van der Waals surface area contributed by atoms with Crippen molar-refractivity contribution in [2.45, 2.75) is 17.9 Å². The summed E-state index contributed by atoms with van der Waals surface area (Å²) >= 11 is 3.30. The third-order valence-electron chi connectivity index (χ3n) is 3.26. The highest BCUT2D eigenvalue weighted by atomic mass is 79.9. The van der Waals surface area contributed by atoms with Crippen molar-refractivity contribution < 1.29 is 22.6 Å². The van der Waals surface area contributed by atoms with Gasteiger partial charge in [0.1, 0.15) is 4.90 Å². The van der Waals surface area contributed by atoms with E-state index in [9.17, 15) is 8.42 Å². The topological polar surface area (TPSA) is 65.1 Å². The van der Waals surface area contributed by atoms with E-state index in [0.717, 1.165) is 0 Å². The molecule has 0 spiro atoms. The fourth-order valence-corrected chi connectivity index (χ4v) is 4.67. The number of hydrogen-bond acceptors (Lipinski definition) is 5. The van der Waals surface area contributed by atoms with E-state index in [0.29, 0.717) is 35.7 Å². The summed E-state index contributed by atoms with van der Waals surface area (Å²) in [5.74, 6) is 0.847. The lowest BCUT2D eigenvalue weighted by molar-refractivity contribution is 0.0101. The van der Waals surface area contributed by atoms with Crippen molar-refractivity contribution in [1.29, 1.82) is 0 Å². The van der Waals surface area contributed by atoms with Gasteiger partial charge in [-0.2, -0.15) is 4.31 Å². The van der Waals surface area contributed by atoms with Crippen LogP contribution in [0.15, 0.2) is 21.5 Å². The van der Waals surface area contributed by atoms with Crippen molar-refractivity contribution in [1.82, 2.24) is 4.31 Å². The molecule has 1 heterocycles. The predicted octanol–water partition coefficient (Wildman–Crippen LogP) is 1.88. The summed E-state index contributed by atoms with van der Waals surface area (Å²) < 4.78 is 43.1. The van der Waals surface area contributed by atoms with Gasteiger partial charge in [0.05, 0.1) is 26.9 Å². The molecular formula is C13H18BrNO5S. The molecule has 118 valence electrons. The molecule has 1 atom stereocenters. The van der Waals surface area contributed by atoms with Crippen LogP contribution in [0.4, 0.5) is 0 Å². The molecule has 6 nitrogen and oxygen atoms in total. The molecule has 0 aliphatic carbocycles. The zero-order chi connectivity index (χ0) is 15.6. The molecule has 0 saturated carbocycles. The average molecular weight is 380 g/mol. The van der Waals surface area contributed by atoms with Crippen LogP contribution in [0.2, 0.25) is 0 Å². The SMILES string of the molecule is COc1cc(Br)c(S(=O)(=O)N2CCO[C@H](C)C2)cc1OC. The summed E-state index contributed by atoms with van der Waals surface area (Å²) in [6, 6.07) is 3.06. The van der Waals surface area contributed by atoms with Crippen molar-refractivity contribution in [3.05, 3.63) is 16.6 Å². The maximum absolute atomic E-state index is 12.8. The van der Waals surface area contributed by atoms with Gasteiger partial charge in [-0.3, -0.25) is 0 Å². The molecule has 8 heteroatoms. The van der Waals surface area contributed by atoms with Gasteiger partial charge in [-0.1, -0.05) is 0 Å². The Hall–Kier alpha value is -0.830. The average Bonchev–Trinajstić information content (AvgIpc) is 2.46. The third-order valence-corrected chi connectivity index (χ3v) is 6.08. The Kier molecular flexibility index (Phi) is 5.13. The number of rotatable bonds is 4. The van der Waals surface area contributed by atoms with E-state index in [1.54, 1.807) is 6.07 Å². The Balaban J connectivity index is 2.44. The minimum atomic E-state index is -3.61. The predicted molar refractivity (Wildman–Crippen MR) is 81.4 cm³/mol. The Morgan fingerprint density at radius 2 is 1.90 bits per heavy atom. The van der Waals surface area contributed by atoms with Crippen LogP contribution in [0.3, 0.4) is 0 Å². The van der Waals surface area contributed by atoms with Crippen molar-refractivity contribution in [3.63, 3.8) is 0 Å². The fourth-order valence-electron chi connectivity index (χ4n) is 2.18. The van der Waals surface area contributed by atoms with Crippen LogP contribution in [0.25, 0.3) is 0 Å². The second kappa shape index (κ2) is 6.51. The van der Waals surface area contributed by atoms with Crippen molar-refractivity contribution in [2.75, 3.05) is 33.9 Å². The number of benzene rings is 1. The molecule has 0 aromatic heterocycles. The molecule has 2 rings (SSSR count). The second-order valence-corrected chi connectivity index (χ2v) is 7.44. The van der Waals surface area contributed by atoms with Crippen LogP contribution in [0, 0.1) is 0 Å². The third kappa shape index (κ3) is 3.33. The van der Waals surface area contributed by atoms with Gasteiger partial charge in [0, 0.05) is 23.6 Å². The van der Waals surface area contributed by atoms with Gasteiger partial charge < -0.3 is 14.2 Å². The Morgan fingerprint density at radius 1 is 1.29 bits per heavy atom. The lowest BCUT2D eigenvalue weighted by atomic mass is 10.3. The first-order chi connectivity index (χ1) is 9.90. The second-order valence-electron chi connectivity index (χ2n) is 4.68. The van der Waals surface area contributed by atoms with Gasteiger partial charge in [0.2, 0.25) is 10.0 Å². The number of methoxy groups -OCH3 is 2. The number of nitrogens with zero attached hydrogens (tertiary/aromatic N) is 1. The van der Waals surface area contributed by atoms with E-state index in [2.05, 4.69) is 15.9 Å². The van der Waals surface area contributed by atoms with Crippen molar-refractivity contribution in [2.24, 2.45) is 0 Å². The number of hydrogen-bond donors (Lipinski definition) is 0. The minimum Gasteiger partial charge on any atom is -0.493 e. The molecule has 0 N–H and O–H groups in total. The van der Waals surface area contributed by atoms with Gasteiger partial charge in [-0.25, -0.2) is 8.42 Å². The summed E-state index contributed by atoms with van der Waals surface area (Å²) in [6.07, 6.45) is -0.118. The summed E-state index contributed by atoms with van der Waals surface area (Å²) in [5, 5.41) is 0. The zero-order valence-electron chi connectivity index (χ0n) is 12.1. The van der Waals surface area contributed by atoms with E-state index >= 15 is 0 Å². The van der Waals surface area contributed by atoms with Crippen LogP contribution >= 0.6 is 15.9 Å². The lowest BCUT2D eigenvalue weighted by Crippen LogP contribution is -2.44. The maximum atomic E-state index is 12.8. The van der Waals surface area contributed by atoms with E-state index in [1.807, 2.05) is 6.92 Å². The Bertz CT molecular complexity index is 619. The molecule has 0 radical (unpaired) electrons. The Labute approximate surface area is 133 Å². The number of ether oxygens (including phenoxy) is 3. The van der Waals surface area contributed by atoms with Gasteiger partial charge in [-0.15, -0.1) is 0 Å². The Morgan fingerprint density at radius 3 is 2.48 bits per heavy atom. The van der Waals surface area contributed by atoms with E-state index in [4.69, 9.17) is 14.2 Å². The van der Waals surface area contributed by atoms with Crippen LogP contribution in [0.5, 0.6) is 11.5 Å². The molecule has 21 heavy (non-hydrogen) atoms. The molecule has 0 bridgehead atoms. The monoisotopic (exact) mass is 379 g/mol. The lowest BCUT2D eigenvalue weighted by Gasteiger charge is -2.30. The smallest absolute Gasteiger partial charge is 0.244 e. The minimum absolute atomic E-state index is 0.118. The highest BCUT2D eigenvalue weighted by molar-refractivity contribution is 9.10. The molecule has 0 unspecified atom stereocenters. The fraction of sp³-hybridized carbons (Fsp3) is 0.538. The molecule has 1 aromatic carbocycles.